The highest BCUT2D eigenvalue weighted by Gasteiger charge is 2.07. The van der Waals surface area contributed by atoms with Crippen molar-refractivity contribution in [3.05, 3.63) is 140 Å². The van der Waals surface area contributed by atoms with Crippen LogP contribution in [0.2, 0.25) is 10.3 Å². The molecule has 0 fully saturated rings. The zero-order valence-corrected chi connectivity index (χ0v) is 25.5. The predicted octanol–water partition coefficient (Wildman–Crippen LogP) is 6.58. The maximum atomic E-state index is 12.8. The molecule has 13 heteroatoms. The molecule has 0 amide bonds. The van der Waals surface area contributed by atoms with Crippen molar-refractivity contribution in [2.45, 2.75) is 0 Å². The molecule has 0 saturated carbocycles. The number of aromatic nitrogens is 8. The van der Waals surface area contributed by atoms with Crippen LogP contribution in [0.3, 0.4) is 0 Å². The first-order valence-corrected chi connectivity index (χ1v) is 13.9. The summed E-state index contributed by atoms with van der Waals surface area (Å²) in [5, 5.41) is 8.76. The highest BCUT2D eigenvalue weighted by Crippen LogP contribution is 2.17. The Bertz CT molecular complexity index is 1860. The third kappa shape index (κ3) is 9.41. The fourth-order valence-electron chi connectivity index (χ4n) is 3.03. The molecule has 0 aliphatic heterocycles. The molecular weight excluding hydrogens is 708 g/mol. The highest BCUT2D eigenvalue weighted by molar-refractivity contribution is 14.1. The van der Waals surface area contributed by atoms with Crippen molar-refractivity contribution in [3.8, 4) is 35.8 Å². The molecule has 0 unspecified atom stereocenters. The van der Waals surface area contributed by atoms with Gasteiger partial charge in [-0.25, -0.2) is 38.1 Å². The lowest BCUT2D eigenvalue weighted by atomic mass is 10.3. The standard InChI is InChI=1S/C15H8ClFN4.C8H4ClFIN3.C7H5N/c16-15-11(4-6-13-3-1-2-8-18-13)10-21(20-15)14-7-5-12(17)9-19-14;9-8-6(11)4-14(13-8)7-2-1-5(10)3-12-7;1-2-7-5-3-4-6-8-7/h1-3,5,7-10H;1-4H;1,3-6H. The summed E-state index contributed by atoms with van der Waals surface area (Å²) in [5.74, 6) is 8.43. The molecule has 0 aliphatic carbocycles. The first-order valence-electron chi connectivity index (χ1n) is 12.0. The zero-order chi connectivity index (χ0) is 30.6. The second kappa shape index (κ2) is 15.5. The van der Waals surface area contributed by atoms with Crippen LogP contribution in [0.1, 0.15) is 17.0 Å². The predicted molar refractivity (Wildman–Crippen MR) is 168 cm³/mol. The summed E-state index contributed by atoms with van der Waals surface area (Å²) < 4.78 is 29.2. The van der Waals surface area contributed by atoms with Gasteiger partial charge in [0.15, 0.2) is 21.9 Å². The summed E-state index contributed by atoms with van der Waals surface area (Å²) in [6.07, 6.45) is 14.0. The van der Waals surface area contributed by atoms with E-state index in [0.717, 1.165) is 16.0 Å². The van der Waals surface area contributed by atoms with Crippen molar-refractivity contribution in [1.82, 2.24) is 39.5 Å². The van der Waals surface area contributed by atoms with Crippen LogP contribution in [0.4, 0.5) is 8.78 Å². The molecule has 6 heterocycles. The molecule has 0 radical (unpaired) electrons. The molecule has 6 aromatic rings. The van der Waals surface area contributed by atoms with E-state index < -0.39 is 5.82 Å². The Labute approximate surface area is 268 Å². The average molecular weight is 725 g/mol. The second-order valence-electron chi connectivity index (χ2n) is 7.98. The van der Waals surface area contributed by atoms with Crippen LogP contribution in [-0.4, -0.2) is 39.5 Å². The zero-order valence-electron chi connectivity index (χ0n) is 21.8. The SMILES string of the molecule is C#Cc1ccccn1.Fc1ccc(-n2cc(C#Cc3ccccn3)c(Cl)n2)nc1.Fc1ccc(-n2cc(I)c(Cl)n2)nc1. The Morgan fingerprint density at radius 2 is 1.23 bits per heavy atom. The van der Waals surface area contributed by atoms with Gasteiger partial charge in [0.1, 0.15) is 23.0 Å². The van der Waals surface area contributed by atoms with Crippen LogP contribution in [0.5, 0.6) is 0 Å². The van der Waals surface area contributed by atoms with Gasteiger partial charge in [-0.05, 0) is 77.0 Å². The number of hydrogen-bond donors (Lipinski definition) is 0. The van der Waals surface area contributed by atoms with Crippen LogP contribution in [0, 0.1) is 39.4 Å². The Morgan fingerprint density at radius 1 is 0.674 bits per heavy atom. The summed E-state index contributed by atoms with van der Waals surface area (Å²) >= 11 is 13.9. The number of hydrogen-bond acceptors (Lipinski definition) is 6. The normalized spacial score (nSPS) is 9.77. The van der Waals surface area contributed by atoms with Crippen LogP contribution < -0.4 is 0 Å². The van der Waals surface area contributed by atoms with Gasteiger partial charge in [-0.15, -0.1) is 6.42 Å². The van der Waals surface area contributed by atoms with Gasteiger partial charge in [-0.2, -0.15) is 10.2 Å². The van der Waals surface area contributed by atoms with Crippen LogP contribution in [0.25, 0.3) is 11.6 Å². The van der Waals surface area contributed by atoms with E-state index in [1.807, 2.05) is 24.3 Å². The Balaban J connectivity index is 0.000000165. The van der Waals surface area contributed by atoms with Gasteiger partial charge < -0.3 is 0 Å². The summed E-state index contributed by atoms with van der Waals surface area (Å²) in [5.41, 5.74) is 1.88. The minimum Gasteiger partial charge on any atom is -0.248 e. The smallest absolute Gasteiger partial charge is 0.167 e. The van der Waals surface area contributed by atoms with Crippen molar-refractivity contribution in [1.29, 1.82) is 0 Å². The number of nitrogens with zero attached hydrogens (tertiary/aromatic N) is 8. The van der Waals surface area contributed by atoms with E-state index in [0.29, 0.717) is 33.7 Å². The molecule has 0 aromatic carbocycles. The van der Waals surface area contributed by atoms with Crippen LogP contribution in [0.15, 0.2) is 97.8 Å². The molecule has 0 spiro atoms. The molecular formula is C30H17Cl2F2IN8. The lowest BCUT2D eigenvalue weighted by molar-refractivity contribution is 0.619. The molecule has 0 N–H and O–H groups in total. The van der Waals surface area contributed by atoms with Crippen molar-refractivity contribution in [2.24, 2.45) is 0 Å². The van der Waals surface area contributed by atoms with E-state index in [2.05, 4.69) is 70.5 Å². The van der Waals surface area contributed by atoms with Gasteiger partial charge in [0.25, 0.3) is 0 Å². The van der Waals surface area contributed by atoms with E-state index in [1.54, 1.807) is 36.9 Å². The molecule has 0 saturated heterocycles. The first-order chi connectivity index (χ1) is 20.8. The fraction of sp³-hybridized carbons (Fsp3) is 0. The number of halogens is 5. The molecule has 0 aliphatic rings. The van der Waals surface area contributed by atoms with Gasteiger partial charge >= 0.3 is 0 Å². The Hall–Kier alpha value is -4.69. The largest absolute Gasteiger partial charge is 0.248 e. The molecule has 6 rings (SSSR count). The molecule has 6 aromatic heterocycles. The van der Waals surface area contributed by atoms with Crippen molar-refractivity contribution < 1.29 is 8.78 Å². The maximum Gasteiger partial charge on any atom is 0.167 e. The summed E-state index contributed by atoms with van der Waals surface area (Å²) in [6, 6.07) is 16.6. The van der Waals surface area contributed by atoms with Crippen molar-refractivity contribution >= 4 is 45.8 Å². The fourth-order valence-corrected chi connectivity index (χ4v) is 3.71. The van der Waals surface area contributed by atoms with E-state index in [9.17, 15) is 8.78 Å². The minimum absolute atomic E-state index is 0.254. The third-order valence-corrected chi connectivity index (χ3v) is 6.66. The number of rotatable bonds is 2. The number of terminal acetylenes is 1. The molecule has 212 valence electrons. The highest BCUT2D eigenvalue weighted by atomic mass is 127. The number of pyridine rings is 4. The van der Waals surface area contributed by atoms with E-state index in [-0.39, 0.29) is 11.0 Å². The lowest BCUT2D eigenvalue weighted by Gasteiger charge is -1.97. The monoisotopic (exact) mass is 724 g/mol. The van der Waals surface area contributed by atoms with Crippen molar-refractivity contribution in [3.63, 3.8) is 0 Å². The molecule has 8 nitrogen and oxygen atoms in total. The second-order valence-corrected chi connectivity index (χ2v) is 9.86. The third-order valence-electron chi connectivity index (χ3n) is 4.99. The van der Waals surface area contributed by atoms with Gasteiger partial charge in [0.05, 0.1) is 21.5 Å². The minimum atomic E-state index is -0.410. The quantitative estimate of drug-likeness (QED) is 0.148. The topological polar surface area (TPSA) is 87.2 Å². The van der Waals surface area contributed by atoms with E-state index in [4.69, 9.17) is 29.6 Å². The van der Waals surface area contributed by atoms with Gasteiger partial charge in [-0.1, -0.05) is 47.2 Å². The Morgan fingerprint density at radius 3 is 1.67 bits per heavy atom. The molecule has 0 bridgehead atoms. The maximum absolute atomic E-state index is 12.8. The first kappa shape index (κ1) is 31.3. The van der Waals surface area contributed by atoms with Gasteiger partial charge in [0.2, 0.25) is 0 Å². The Kier molecular flexibility index (Phi) is 11.3. The van der Waals surface area contributed by atoms with E-state index >= 15 is 0 Å². The molecule has 43 heavy (non-hydrogen) atoms. The van der Waals surface area contributed by atoms with Crippen molar-refractivity contribution in [2.75, 3.05) is 0 Å². The lowest BCUT2D eigenvalue weighted by Crippen LogP contribution is -1.97. The van der Waals surface area contributed by atoms with Crippen LogP contribution >= 0.6 is 45.8 Å². The van der Waals surface area contributed by atoms with Gasteiger partial charge in [-0.3, -0.25) is 0 Å². The summed E-state index contributed by atoms with van der Waals surface area (Å²) in [4.78, 5) is 15.8. The molecule has 0 atom stereocenters. The van der Waals surface area contributed by atoms with Gasteiger partial charge in [0, 0.05) is 24.8 Å². The summed E-state index contributed by atoms with van der Waals surface area (Å²) in [6.45, 7) is 0. The summed E-state index contributed by atoms with van der Waals surface area (Å²) in [7, 11) is 0. The average Bonchev–Trinajstić information content (AvgIpc) is 3.58. The van der Waals surface area contributed by atoms with Crippen LogP contribution in [-0.2, 0) is 0 Å². The van der Waals surface area contributed by atoms with E-state index in [1.165, 1.54) is 33.6 Å².